The van der Waals surface area contributed by atoms with Crippen LogP contribution in [0.15, 0.2) is 22.1 Å². The molecule has 9 heteroatoms. The number of nitrogens with zero attached hydrogens (tertiary/aromatic N) is 3. The number of amidine groups is 2. The number of methoxy groups -OCH3 is 2. The molecule has 2 aliphatic heterocycles. The highest BCUT2D eigenvalue weighted by Gasteiger charge is 2.44. The van der Waals surface area contributed by atoms with Crippen LogP contribution in [0.3, 0.4) is 0 Å². The van der Waals surface area contributed by atoms with Crippen molar-refractivity contribution >= 4 is 40.3 Å². The number of rotatable bonds is 6. The number of amides is 1. The maximum Gasteiger partial charge on any atom is 0.316 e. The standard InChI is InChI=1S/C22H27N3O5S/c1-12(21(27)28)31-22-23-15-11-18(30-3)17(29-2)10-14(15)19-24-20(26)16(25(19)22)9-13-7-5-4-6-8-13/h10-13,16H,4-9H2,1-3H3,(H,27,28). The highest BCUT2D eigenvalue weighted by atomic mass is 32.2. The topological polar surface area (TPSA) is 101 Å². The van der Waals surface area contributed by atoms with E-state index < -0.39 is 17.3 Å². The second kappa shape index (κ2) is 8.90. The van der Waals surface area contributed by atoms with Crippen molar-refractivity contribution in [1.82, 2.24) is 4.90 Å². The lowest BCUT2D eigenvalue weighted by atomic mass is 9.84. The number of carboxylic acids is 1. The normalized spacial score (nSPS) is 21.7. The summed E-state index contributed by atoms with van der Waals surface area (Å²) < 4.78 is 10.8. The SMILES string of the molecule is COc1cc2c(cc1OC)C1=NC(=O)C(CC3CCCCC3)N1C(SC(C)C(=O)O)=N2. The summed E-state index contributed by atoms with van der Waals surface area (Å²) in [5, 5.41) is 9.22. The Kier molecular flexibility index (Phi) is 6.22. The molecular weight excluding hydrogens is 418 g/mol. The first-order valence-corrected chi connectivity index (χ1v) is 11.5. The molecule has 4 rings (SSSR count). The number of carbonyl (C=O) groups excluding carboxylic acids is 1. The summed E-state index contributed by atoms with van der Waals surface area (Å²) in [5.74, 6) is 0.886. The molecule has 2 heterocycles. The second-order valence-electron chi connectivity index (χ2n) is 8.12. The lowest BCUT2D eigenvalue weighted by molar-refractivity contribution is -0.136. The van der Waals surface area contributed by atoms with Gasteiger partial charge >= 0.3 is 5.97 Å². The summed E-state index contributed by atoms with van der Waals surface area (Å²) in [5.41, 5.74) is 1.27. The molecule has 1 N–H and O–H groups in total. The summed E-state index contributed by atoms with van der Waals surface area (Å²) in [4.78, 5) is 35.5. The van der Waals surface area contributed by atoms with Crippen molar-refractivity contribution in [2.75, 3.05) is 14.2 Å². The molecule has 31 heavy (non-hydrogen) atoms. The molecule has 1 aromatic rings. The first-order chi connectivity index (χ1) is 14.9. The van der Waals surface area contributed by atoms with E-state index in [0.29, 0.717) is 46.1 Å². The molecule has 0 bridgehead atoms. The zero-order valence-corrected chi connectivity index (χ0v) is 18.8. The van der Waals surface area contributed by atoms with E-state index in [9.17, 15) is 14.7 Å². The summed E-state index contributed by atoms with van der Waals surface area (Å²) >= 11 is 1.13. The first-order valence-electron chi connectivity index (χ1n) is 10.6. The van der Waals surface area contributed by atoms with Gasteiger partial charge in [0.1, 0.15) is 17.1 Å². The Bertz CT molecular complexity index is 955. The molecule has 1 amide bonds. The Morgan fingerprint density at radius 2 is 1.87 bits per heavy atom. The Hall–Kier alpha value is -2.55. The van der Waals surface area contributed by atoms with Gasteiger partial charge in [-0.25, -0.2) is 4.99 Å². The number of aliphatic imine (C=N–C) groups is 2. The van der Waals surface area contributed by atoms with Crippen LogP contribution in [-0.4, -0.2) is 58.4 Å². The molecule has 1 aromatic carbocycles. The van der Waals surface area contributed by atoms with Crippen LogP contribution >= 0.6 is 11.8 Å². The maximum atomic E-state index is 13.0. The molecule has 0 saturated heterocycles. The fourth-order valence-corrected chi connectivity index (χ4v) is 5.33. The van der Waals surface area contributed by atoms with Gasteiger partial charge in [0.2, 0.25) is 0 Å². The number of hydrogen-bond donors (Lipinski definition) is 1. The van der Waals surface area contributed by atoms with Crippen molar-refractivity contribution in [3.8, 4) is 11.5 Å². The Morgan fingerprint density at radius 3 is 2.52 bits per heavy atom. The summed E-state index contributed by atoms with van der Waals surface area (Å²) in [6.45, 7) is 1.62. The number of aliphatic carboxylic acids is 1. The monoisotopic (exact) mass is 445 g/mol. The number of fused-ring (bicyclic) bond motifs is 3. The summed E-state index contributed by atoms with van der Waals surface area (Å²) in [6.07, 6.45) is 6.54. The second-order valence-corrected chi connectivity index (χ2v) is 9.42. The van der Waals surface area contributed by atoms with Gasteiger partial charge in [0.05, 0.1) is 19.9 Å². The molecule has 1 saturated carbocycles. The summed E-state index contributed by atoms with van der Waals surface area (Å²) in [6, 6.07) is 3.06. The van der Waals surface area contributed by atoms with Crippen LogP contribution in [-0.2, 0) is 9.59 Å². The zero-order valence-electron chi connectivity index (χ0n) is 18.0. The van der Waals surface area contributed by atoms with Crippen LogP contribution in [0.4, 0.5) is 5.69 Å². The number of ether oxygens (including phenoxy) is 2. The van der Waals surface area contributed by atoms with Gasteiger partial charge in [-0.05, 0) is 25.3 Å². The first kappa shape index (κ1) is 21.7. The van der Waals surface area contributed by atoms with Crippen LogP contribution in [0.25, 0.3) is 0 Å². The van der Waals surface area contributed by atoms with Crippen LogP contribution in [0, 0.1) is 5.92 Å². The lowest BCUT2D eigenvalue weighted by Gasteiger charge is -2.34. The van der Waals surface area contributed by atoms with E-state index >= 15 is 0 Å². The van der Waals surface area contributed by atoms with E-state index in [4.69, 9.17) is 14.5 Å². The predicted molar refractivity (Wildman–Crippen MR) is 120 cm³/mol. The fraction of sp³-hybridized carbons (Fsp3) is 0.545. The van der Waals surface area contributed by atoms with Gasteiger partial charge in [-0.3, -0.25) is 14.5 Å². The van der Waals surface area contributed by atoms with Crippen molar-refractivity contribution in [3.05, 3.63) is 17.7 Å². The third kappa shape index (κ3) is 4.15. The van der Waals surface area contributed by atoms with Gasteiger partial charge in [0.15, 0.2) is 16.7 Å². The molecule has 1 fully saturated rings. The molecule has 166 valence electrons. The van der Waals surface area contributed by atoms with Gasteiger partial charge in [-0.2, -0.15) is 4.99 Å². The highest BCUT2D eigenvalue weighted by Crippen LogP contribution is 2.42. The summed E-state index contributed by atoms with van der Waals surface area (Å²) in [7, 11) is 3.10. The van der Waals surface area contributed by atoms with Gasteiger partial charge in [-0.1, -0.05) is 43.9 Å². The van der Waals surface area contributed by atoms with E-state index in [2.05, 4.69) is 4.99 Å². The van der Waals surface area contributed by atoms with Gasteiger partial charge in [0.25, 0.3) is 5.91 Å². The smallest absolute Gasteiger partial charge is 0.316 e. The largest absolute Gasteiger partial charge is 0.493 e. The van der Waals surface area contributed by atoms with Crippen molar-refractivity contribution in [3.63, 3.8) is 0 Å². The molecular formula is C22H27N3O5S. The Morgan fingerprint density at radius 1 is 1.19 bits per heavy atom. The number of carboxylic acid groups (broad SMARTS) is 1. The maximum absolute atomic E-state index is 13.0. The molecule has 1 aliphatic carbocycles. The van der Waals surface area contributed by atoms with E-state index in [0.717, 1.165) is 24.6 Å². The third-order valence-corrected chi connectivity index (χ3v) is 7.17. The molecule has 3 aliphatic rings. The minimum atomic E-state index is -0.932. The minimum Gasteiger partial charge on any atom is -0.493 e. The molecule has 2 atom stereocenters. The van der Waals surface area contributed by atoms with E-state index in [1.165, 1.54) is 19.3 Å². The van der Waals surface area contributed by atoms with Gasteiger partial charge < -0.3 is 14.6 Å². The average molecular weight is 446 g/mol. The van der Waals surface area contributed by atoms with Crippen molar-refractivity contribution in [1.29, 1.82) is 0 Å². The Balaban J connectivity index is 1.75. The predicted octanol–water partition coefficient (Wildman–Crippen LogP) is 3.84. The molecule has 0 spiro atoms. The zero-order chi connectivity index (χ0) is 22.1. The molecule has 0 radical (unpaired) electrons. The molecule has 2 unspecified atom stereocenters. The van der Waals surface area contributed by atoms with Crippen molar-refractivity contribution in [2.45, 2.75) is 56.7 Å². The number of benzene rings is 1. The van der Waals surface area contributed by atoms with Crippen LogP contribution in [0.2, 0.25) is 0 Å². The third-order valence-electron chi connectivity index (χ3n) is 6.12. The molecule has 8 nitrogen and oxygen atoms in total. The van der Waals surface area contributed by atoms with Crippen LogP contribution in [0.1, 0.15) is 51.0 Å². The van der Waals surface area contributed by atoms with E-state index in [1.807, 2.05) is 4.90 Å². The van der Waals surface area contributed by atoms with Crippen LogP contribution < -0.4 is 9.47 Å². The quantitative estimate of drug-likeness (QED) is 0.710. The minimum absolute atomic E-state index is 0.195. The van der Waals surface area contributed by atoms with Crippen LogP contribution in [0.5, 0.6) is 11.5 Å². The number of hydrogen-bond acceptors (Lipinski definition) is 7. The van der Waals surface area contributed by atoms with Crippen molar-refractivity contribution in [2.24, 2.45) is 15.9 Å². The highest BCUT2D eigenvalue weighted by molar-refractivity contribution is 8.14. The van der Waals surface area contributed by atoms with Crippen molar-refractivity contribution < 1.29 is 24.2 Å². The number of thioether (sulfide) groups is 1. The Labute approximate surface area is 185 Å². The molecule has 0 aromatic heterocycles. The van der Waals surface area contributed by atoms with E-state index in [-0.39, 0.29) is 5.91 Å². The number of carbonyl (C=O) groups is 2. The lowest BCUT2D eigenvalue weighted by Crippen LogP contribution is -2.45. The van der Waals surface area contributed by atoms with E-state index in [1.54, 1.807) is 33.3 Å². The van der Waals surface area contributed by atoms with Gasteiger partial charge in [0, 0.05) is 11.6 Å². The average Bonchev–Trinajstić information content (AvgIpc) is 3.09. The van der Waals surface area contributed by atoms with Gasteiger partial charge in [-0.15, -0.1) is 0 Å². The fourth-order valence-electron chi connectivity index (χ4n) is 4.44.